The quantitative estimate of drug-likeness (QED) is 0.00452. The van der Waals surface area contributed by atoms with Crippen LogP contribution in [0.4, 0.5) is 0 Å². The molecule has 31 nitrogen and oxygen atoms in total. The average molecular weight is 1320 g/mol. The minimum Gasteiger partial charge on any atom is -0.481 e. The highest BCUT2D eigenvalue weighted by Crippen LogP contribution is 2.28. The van der Waals surface area contributed by atoms with Gasteiger partial charge in [-0.25, -0.2) is 21.7 Å². The number of hydrogen-bond donors (Lipinski definition) is 13. The molecule has 0 aromatic heterocycles. The van der Waals surface area contributed by atoms with Crippen molar-refractivity contribution in [1.82, 2.24) is 36.2 Å². The molecule has 0 bridgehead atoms. The van der Waals surface area contributed by atoms with Crippen LogP contribution in [-0.2, 0) is 53.1 Å². The second kappa shape index (κ2) is 42.0. The van der Waals surface area contributed by atoms with E-state index in [0.29, 0.717) is 50.8 Å². The zero-order valence-corrected chi connectivity index (χ0v) is 53.1. The number of methoxy groups -OCH3 is 1. The Hall–Kier alpha value is -11.3. The number of aliphatic hydroxyl groups is 1. The van der Waals surface area contributed by atoms with Crippen molar-refractivity contribution in [2.45, 2.75) is 77.4 Å². The molecule has 6 rings (SSSR count). The number of amides is 7. The Balaban J connectivity index is 0.000000375. The van der Waals surface area contributed by atoms with Gasteiger partial charge >= 0.3 is 17.9 Å². The number of carbonyl (C=O) groups excluding carboxylic acids is 8. The van der Waals surface area contributed by atoms with Crippen LogP contribution in [0.25, 0.3) is 0 Å². The summed E-state index contributed by atoms with van der Waals surface area (Å²) in [5.74, 6) is 1.62. The highest BCUT2D eigenvalue weighted by molar-refractivity contribution is 6.21. The van der Waals surface area contributed by atoms with Crippen molar-refractivity contribution >= 4 is 77.1 Å². The molecule has 0 fully saturated rings. The SMILES string of the molecule is CN=C(N)NCCC[C@@H](CC(=O)N(Cc1ccccc1)N1C(=O)c2ccccc2C1=O)C(=O)OC.CO.NC(N)=NCCC[C@@H](CC(=O)N(N)Cc1ccccc1)C(=O)O.NNC(=O)c1ccccc1C(=O)NN(Cc1ccccc1)C(=O)C[C@H](CCCN=C(N)N)C(=O)O. The molecule has 510 valence electrons. The van der Waals surface area contributed by atoms with Crippen LogP contribution in [-0.4, -0.2) is 153 Å². The molecular formula is C64H85N17O14. The number of aliphatic hydroxyl groups excluding tert-OH is 1. The van der Waals surface area contributed by atoms with Crippen molar-refractivity contribution < 1.29 is 68.0 Å². The molecule has 5 aromatic rings. The largest absolute Gasteiger partial charge is 0.481 e. The normalized spacial score (nSPS) is 12.1. The number of rotatable bonds is 30. The number of hydrazine groups is 4. The molecule has 0 unspecified atom stereocenters. The number of carboxylic acids is 2. The van der Waals surface area contributed by atoms with E-state index in [9.17, 15) is 58.2 Å². The Kier molecular flexibility index (Phi) is 34.4. The number of esters is 1. The summed E-state index contributed by atoms with van der Waals surface area (Å²) in [5, 5.41) is 32.8. The maximum Gasteiger partial charge on any atom is 0.309 e. The zero-order chi connectivity index (χ0) is 70.4. The first-order valence-corrected chi connectivity index (χ1v) is 29.7. The molecule has 3 atom stereocenters. The topological polar surface area (TPSA) is 509 Å². The molecule has 0 saturated heterocycles. The summed E-state index contributed by atoms with van der Waals surface area (Å²) in [5.41, 5.74) is 33.8. The maximum absolute atomic E-state index is 13.5. The van der Waals surface area contributed by atoms with E-state index in [1.165, 1.54) is 19.2 Å². The van der Waals surface area contributed by atoms with Crippen LogP contribution in [0.15, 0.2) is 155 Å². The van der Waals surface area contributed by atoms with Gasteiger partial charge in [0.15, 0.2) is 17.9 Å². The zero-order valence-electron chi connectivity index (χ0n) is 53.1. The van der Waals surface area contributed by atoms with Crippen LogP contribution >= 0.6 is 0 Å². The second-order valence-corrected chi connectivity index (χ2v) is 20.8. The van der Waals surface area contributed by atoms with Gasteiger partial charge in [0.25, 0.3) is 23.6 Å². The monoisotopic (exact) mass is 1320 g/mol. The van der Waals surface area contributed by atoms with E-state index in [0.717, 1.165) is 38.3 Å². The molecule has 0 spiro atoms. The van der Waals surface area contributed by atoms with Gasteiger partial charge in [-0.15, -0.1) is 0 Å². The summed E-state index contributed by atoms with van der Waals surface area (Å²) in [6.07, 6.45) is 1.40. The summed E-state index contributed by atoms with van der Waals surface area (Å²) in [4.78, 5) is 137. The molecule has 1 aliphatic rings. The first kappa shape index (κ1) is 77.9. The number of carbonyl (C=O) groups is 10. The van der Waals surface area contributed by atoms with E-state index in [2.05, 4.69) is 25.7 Å². The number of hydrogen-bond acceptors (Lipinski definition) is 17. The summed E-state index contributed by atoms with van der Waals surface area (Å²) >= 11 is 0. The van der Waals surface area contributed by atoms with Gasteiger partial charge in [-0.05, 0) is 79.5 Å². The standard InChI is InChI=1S/C25H29N5O5.C23H29N7O5.C15H23N5O3.CH4O/c1-27-25(26)28-14-8-11-18(24(34)35-2)15-21(31)29(16-17-9-4-3-5-10-17)30-22(32)19-12-6-7-13-20(19)23(30)33;24-23(25)27-12-6-9-16(22(34)35)13-19(31)30(14-15-7-2-1-3-8-15)29-21(33)18-11-5-4-10-17(18)20(32)28-26;16-15(17)19-8-4-7-12(14(22)23)9-13(21)20(18)10-11-5-2-1-3-6-11;1-2/h3-7,9-10,12-13,18H,8,11,14-16H2,1-2H3,(H3,26,27,28);1-5,7-8,10-11,16H,6,9,12-14,26H2,(H,28,32)(H,29,33)(H,34,35)(H4,24,25,27);1-3,5-6,12H,4,7-10,18H2,(H,22,23)(H4,16,17,19);2H,1H3/t18-;16-;12-;/m000./s1. The van der Waals surface area contributed by atoms with E-state index in [4.69, 9.17) is 50.2 Å². The minimum absolute atomic E-state index is 0.00617. The second-order valence-electron chi connectivity index (χ2n) is 20.8. The van der Waals surface area contributed by atoms with Crippen molar-refractivity contribution in [2.24, 2.45) is 73.1 Å². The third-order valence-electron chi connectivity index (χ3n) is 14.0. The molecule has 7 amide bonds. The lowest BCUT2D eigenvalue weighted by Crippen LogP contribution is -2.49. The fourth-order valence-corrected chi connectivity index (χ4v) is 9.18. The van der Waals surface area contributed by atoms with Crippen LogP contribution in [0, 0.1) is 17.8 Å². The van der Waals surface area contributed by atoms with E-state index in [-0.39, 0.29) is 92.0 Å². The number of carboxylic acid groups (broad SMARTS) is 2. The predicted octanol–water partition coefficient (Wildman–Crippen LogP) is 1.47. The number of fused-ring (bicyclic) bond motifs is 1. The fraction of sp³-hybridized carbons (Fsp3) is 0.328. The number of imide groups is 1. The molecule has 31 heteroatoms. The fourth-order valence-electron chi connectivity index (χ4n) is 9.18. The molecule has 1 aliphatic heterocycles. The summed E-state index contributed by atoms with van der Waals surface area (Å²) in [7, 11) is 3.81. The summed E-state index contributed by atoms with van der Waals surface area (Å²) < 4.78 is 4.90. The number of nitrogens with two attached hydrogens (primary N) is 7. The Labute approximate surface area is 549 Å². The van der Waals surface area contributed by atoms with Gasteiger partial charge < -0.3 is 54.0 Å². The first-order valence-electron chi connectivity index (χ1n) is 29.7. The number of ether oxygens (including phenoxy) is 1. The van der Waals surface area contributed by atoms with E-state index in [1.54, 1.807) is 98.0 Å². The number of nitrogens with zero attached hydrogens (tertiary/aromatic N) is 7. The Morgan fingerprint density at radius 2 is 0.958 bits per heavy atom. The number of aliphatic imine (C=N–C) groups is 3. The molecule has 0 aliphatic carbocycles. The molecule has 0 saturated carbocycles. The lowest BCUT2D eigenvalue weighted by atomic mass is 9.98. The number of nitrogens with one attached hydrogen (secondary N) is 3. The molecule has 5 aromatic carbocycles. The van der Waals surface area contributed by atoms with Gasteiger partial charge in [-0.3, -0.25) is 78.8 Å². The number of aliphatic carboxylic acids is 2. The highest BCUT2D eigenvalue weighted by atomic mass is 16.5. The molecule has 20 N–H and O–H groups in total. The third kappa shape index (κ3) is 26.8. The lowest BCUT2D eigenvalue weighted by Gasteiger charge is -2.31. The molecule has 95 heavy (non-hydrogen) atoms. The average Bonchev–Trinajstić information content (AvgIpc) is 1.63. The van der Waals surface area contributed by atoms with Crippen molar-refractivity contribution in [1.29, 1.82) is 0 Å². The van der Waals surface area contributed by atoms with Gasteiger partial charge in [0.2, 0.25) is 17.7 Å². The third-order valence-corrected chi connectivity index (χ3v) is 14.0. The molecule has 1 heterocycles. The van der Waals surface area contributed by atoms with Crippen LogP contribution in [0.1, 0.15) is 116 Å². The highest BCUT2D eigenvalue weighted by Gasteiger charge is 2.42. The maximum atomic E-state index is 13.5. The van der Waals surface area contributed by atoms with E-state index >= 15 is 0 Å². The Bertz CT molecular complexity index is 3390. The summed E-state index contributed by atoms with van der Waals surface area (Å²) in [6.45, 7) is 1.22. The first-order chi connectivity index (χ1) is 45.5. The van der Waals surface area contributed by atoms with Gasteiger partial charge in [0, 0.05) is 53.1 Å². The lowest BCUT2D eigenvalue weighted by molar-refractivity contribution is -0.152. The number of nitrogen functional groups attached to an aromatic ring is 1. The van der Waals surface area contributed by atoms with Crippen molar-refractivity contribution in [2.75, 3.05) is 40.9 Å². The van der Waals surface area contributed by atoms with Crippen LogP contribution in [0.3, 0.4) is 0 Å². The predicted molar refractivity (Wildman–Crippen MR) is 352 cm³/mol. The Morgan fingerprint density at radius 1 is 0.547 bits per heavy atom. The van der Waals surface area contributed by atoms with Crippen molar-refractivity contribution in [3.8, 4) is 0 Å². The molecule has 0 radical (unpaired) electrons. The number of guanidine groups is 3. The van der Waals surface area contributed by atoms with Crippen molar-refractivity contribution in [3.05, 3.63) is 178 Å². The van der Waals surface area contributed by atoms with Crippen molar-refractivity contribution in [3.63, 3.8) is 0 Å². The van der Waals surface area contributed by atoms with Crippen LogP contribution in [0.2, 0.25) is 0 Å². The number of benzene rings is 5. The minimum atomic E-state index is -1.15. The molecular weight excluding hydrogens is 1230 g/mol. The van der Waals surface area contributed by atoms with Gasteiger partial charge in [-0.2, -0.15) is 5.01 Å². The Morgan fingerprint density at radius 3 is 1.40 bits per heavy atom. The van der Waals surface area contributed by atoms with Crippen LogP contribution < -0.4 is 56.5 Å². The van der Waals surface area contributed by atoms with E-state index < -0.39 is 77.0 Å². The van der Waals surface area contributed by atoms with Gasteiger partial charge in [0.05, 0.1) is 66.8 Å². The smallest absolute Gasteiger partial charge is 0.309 e. The van der Waals surface area contributed by atoms with Crippen LogP contribution in [0.5, 0.6) is 0 Å². The summed E-state index contributed by atoms with van der Waals surface area (Å²) in [6, 6.07) is 39.5. The van der Waals surface area contributed by atoms with E-state index in [1.807, 2.05) is 41.8 Å². The van der Waals surface area contributed by atoms with Gasteiger partial charge in [-0.1, -0.05) is 115 Å². The van der Waals surface area contributed by atoms with Gasteiger partial charge in [0.1, 0.15) is 0 Å².